The van der Waals surface area contributed by atoms with Crippen LogP contribution in [-0.2, 0) is 33.6 Å². The molecule has 19 nitrogen and oxygen atoms in total. The van der Waals surface area contributed by atoms with E-state index in [2.05, 4.69) is 20.6 Å². The van der Waals surface area contributed by atoms with Gasteiger partial charge in [-0.25, -0.2) is 0 Å². The number of nitrogens with zero attached hydrogens (tertiary/aromatic N) is 4. The molecule has 2 heterocycles. The number of hydrogen-bond donors (Lipinski definition) is 8. The molecule has 0 aromatic heterocycles. The van der Waals surface area contributed by atoms with E-state index < -0.39 is 88.0 Å². The van der Waals surface area contributed by atoms with Gasteiger partial charge < -0.3 is 54.8 Å². The van der Waals surface area contributed by atoms with Gasteiger partial charge in [-0.3, -0.25) is 43.5 Å². The van der Waals surface area contributed by atoms with Crippen LogP contribution >= 0.6 is 23.2 Å². The minimum Gasteiger partial charge on any atom is -0.370 e. The van der Waals surface area contributed by atoms with Crippen LogP contribution in [0, 0.1) is 0 Å². The quantitative estimate of drug-likeness (QED) is 0.0197. The van der Waals surface area contributed by atoms with E-state index in [0.29, 0.717) is 38.8 Å². The smallest absolute Gasteiger partial charge is 0.243 e. The van der Waals surface area contributed by atoms with Crippen LogP contribution in [-0.4, -0.2) is 136 Å². The Morgan fingerprint density at radius 2 is 1.00 bits per heavy atom. The molecule has 2 saturated heterocycles. The number of rotatable bonds is 20. The van der Waals surface area contributed by atoms with Crippen LogP contribution in [0.3, 0.4) is 0 Å². The molecule has 2 aliphatic heterocycles. The molecule has 2 fully saturated rings. The highest BCUT2D eigenvalue weighted by molar-refractivity contribution is 6.52. The minimum atomic E-state index is -2.00. The van der Waals surface area contributed by atoms with E-state index >= 15 is 0 Å². The monoisotopic (exact) mass is 774 g/mol. The Balaban J connectivity index is 2.27. The van der Waals surface area contributed by atoms with Crippen LogP contribution in [0.2, 0.25) is 0 Å². The summed E-state index contributed by atoms with van der Waals surface area (Å²) in [5.74, 6) is -5.70. The van der Waals surface area contributed by atoms with Gasteiger partial charge >= 0.3 is 0 Å². The predicted molar refractivity (Wildman–Crippen MR) is 195 cm³/mol. The highest BCUT2D eigenvalue weighted by atomic mass is 35.5. The lowest BCUT2D eigenvalue weighted by Crippen LogP contribution is -2.56. The molecule has 0 aliphatic carbocycles. The van der Waals surface area contributed by atoms with E-state index in [1.165, 1.54) is 23.6 Å². The van der Waals surface area contributed by atoms with Gasteiger partial charge in [-0.05, 0) is 65.2 Å². The topological polar surface area (TPSA) is 331 Å². The molecule has 0 spiro atoms. The molecule has 0 aromatic carbocycles. The maximum Gasteiger partial charge on any atom is 0.243 e. The van der Waals surface area contributed by atoms with Gasteiger partial charge in [0.15, 0.2) is 40.0 Å². The van der Waals surface area contributed by atoms with Crippen LogP contribution in [0.15, 0.2) is 9.98 Å². The Kier molecular flexibility index (Phi) is 17.7. The fourth-order valence-corrected chi connectivity index (χ4v) is 6.63. The van der Waals surface area contributed by atoms with Crippen molar-refractivity contribution in [3.8, 4) is 0 Å². The number of Topliss-reactive ketones (excluding diaryl/α,β-unsaturated/α-hetero) is 3. The van der Waals surface area contributed by atoms with E-state index in [4.69, 9.17) is 57.6 Å². The van der Waals surface area contributed by atoms with Crippen molar-refractivity contribution in [1.29, 1.82) is 0 Å². The molecule has 2 aliphatic rings. The summed E-state index contributed by atoms with van der Waals surface area (Å²) in [6.45, 7) is 3.72. The zero-order valence-corrected chi connectivity index (χ0v) is 31.0. The van der Waals surface area contributed by atoms with Gasteiger partial charge in [0.1, 0.15) is 12.1 Å². The lowest BCUT2D eigenvalue weighted by atomic mass is 9.95. The number of carbonyl (C=O) groups is 7. The van der Waals surface area contributed by atoms with Crippen LogP contribution in [0.1, 0.15) is 65.2 Å². The highest BCUT2D eigenvalue weighted by Crippen LogP contribution is 2.22. The molecule has 0 bridgehead atoms. The first-order chi connectivity index (χ1) is 24.4. The highest BCUT2D eigenvalue weighted by Gasteiger charge is 2.43. The van der Waals surface area contributed by atoms with Gasteiger partial charge in [0.25, 0.3) is 0 Å². The number of amides is 4. The van der Waals surface area contributed by atoms with E-state index in [1.54, 1.807) is 0 Å². The molecule has 52 heavy (non-hydrogen) atoms. The summed E-state index contributed by atoms with van der Waals surface area (Å²) in [5.41, 5.74) is 33.1. The first kappa shape index (κ1) is 44.1. The maximum atomic E-state index is 13.7. The third-order valence-corrected chi connectivity index (χ3v) is 9.53. The van der Waals surface area contributed by atoms with Gasteiger partial charge in [0, 0.05) is 26.2 Å². The lowest BCUT2D eigenvalue weighted by Gasteiger charge is -2.28. The number of likely N-dealkylation sites (tertiary alicyclic amines) is 2. The molecule has 292 valence electrons. The molecule has 0 radical (unpaired) electrons. The molecule has 2 rings (SSSR count). The average molecular weight is 776 g/mol. The average Bonchev–Trinajstić information content (AvgIpc) is 3.79. The molecule has 0 aromatic rings. The Morgan fingerprint density at radius 3 is 1.31 bits per heavy atom. The van der Waals surface area contributed by atoms with Crippen molar-refractivity contribution in [2.24, 2.45) is 44.4 Å². The maximum absolute atomic E-state index is 13.7. The molecule has 8 atom stereocenters. The van der Waals surface area contributed by atoms with Gasteiger partial charge in [-0.15, -0.1) is 23.2 Å². The van der Waals surface area contributed by atoms with Crippen LogP contribution < -0.4 is 45.0 Å². The van der Waals surface area contributed by atoms with E-state index in [-0.39, 0.29) is 50.7 Å². The number of guanidine groups is 2. The van der Waals surface area contributed by atoms with Crippen molar-refractivity contribution in [2.75, 3.05) is 26.2 Å². The van der Waals surface area contributed by atoms with Crippen molar-refractivity contribution < 1.29 is 33.6 Å². The Hall–Kier alpha value is -4.07. The third-order valence-electron chi connectivity index (χ3n) is 8.67. The number of hydrogen-bond acceptors (Lipinski definition) is 11. The normalized spacial score (nSPS) is 20.4. The van der Waals surface area contributed by atoms with E-state index in [9.17, 15) is 33.6 Å². The largest absolute Gasteiger partial charge is 0.370 e. The molecular weight excluding hydrogens is 723 g/mol. The van der Waals surface area contributed by atoms with E-state index in [1.807, 2.05) is 0 Å². The summed E-state index contributed by atoms with van der Waals surface area (Å²) < 4.78 is 0. The van der Waals surface area contributed by atoms with Crippen LogP contribution in [0.25, 0.3) is 0 Å². The fourth-order valence-electron chi connectivity index (χ4n) is 6.01. The predicted octanol–water partition coefficient (Wildman–Crippen LogP) is -3.34. The second-order valence-corrected chi connectivity index (χ2v) is 13.8. The Labute approximate surface area is 312 Å². The summed E-state index contributed by atoms with van der Waals surface area (Å²) >= 11 is 12.8. The third kappa shape index (κ3) is 12.6. The fraction of sp³-hybridized carbons (Fsp3) is 0.710. The van der Waals surface area contributed by atoms with Crippen molar-refractivity contribution in [1.82, 2.24) is 20.4 Å². The second kappa shape index (κ2) is 20.8. The lowest BCUT2D eigenvalue weighted by molar-refractivity contribution is -0.140. The standard InChI is InChI=1S/C31H52Cl2N12O7/c1-15(34)28(51)44-13-5-9-19(44)26(49)42-17(7-3-11-40-30(36)37)23(46)21(32)25(48)22(33)24(47)18(8-4-12-41-31(38)39)43-27(50)20-10-6-14-45(20)29(52)16(2)35/h15-22H,3-14,34-35H2,1-2H3,(H,42,49)(H,43,50)(H4,36,37,40)(H4,38,39,41)/t15-,16-,17-,18-,19-,20-,21?,22?/m0/s1. The zero-order valence-electron chi connectivity index (χ0n) is 29.5. The van der Waals surface area contributed by atoms with Crippen molar-refractivity contribution >= 4 is 76.1 Å². The minimum absolute atomic E-state index is 0.0613. The van der Waals surface area contributed by atoms with Gasteiger partial charge in [0.05, 0.1) is 24.2 Å². The first-order valence-electron chi connectivity index (χ1n) is 17.1. The molecule has 2 unspecified atom stereocenters. The van der Waals surface area contributed by atoms with Gasteiger partial charge in [0.2, 0.25) is 23.6 Å². The molecule has 14 N–H and O–H groups in total. The number of carbonyl (C=O) groups excluding carboxylic acids is 7. The van der Waals surface area contributed by atoms with E-state index in [0.717, 1.165) is 0 Å². The number of nitrogens with two attached hydrogens (primary N) is 6. The molecule has 21 heteroatoms. The summed E-state index contributed by atoms with van der Waals surface area (Å²) in [6, 6.07) is -6.26. The number of alkyl halides is 2. The summed E-state index contributed by atoms with van der Waals surface area (Å²) in [7, 11) is 0. The molecular formula is C31H52Cl2N12O7. The first-order valence-corrected chi connectivity index (χ1v) is 18.0. The number of nitrogens with one attached hydrogen (secondary N) is 2. The SMILES string of the molecule is C[C@H](N)C(=O)N1CCC[C@H]1C(=O)N[C@@H](CCCN=C(N)N)C(=O)C(Cl)C(=O)C(Cl)C(=O)[C@H](CCCN=C(N)N)NC(=O)[C@@H]1CCCN1C(=O)[C@H](C)N. The number of aliphatic imine (C=N–C) groups is 2. The van der Waals surface area contributed by atoms with Crippen molar-refractivity contribution in [3.05, 3.63) is 0 Å². The van der Waals surface area contributed by atoms with Gasteiger partial charge in [-0.1, -0.05) is 0 Å². The zero-order chi connectivity index (χ0) is 39.3. The molecule has 4 amide bonds. The van der Waals surface area contributed by atoms with Crippen molar-refractivity contribution in [3.63, 3.8) is 0 Å². The summed E-state index contributed by atoms with van der Waals surface area (Å²) in [5, 5.41) is 1.17. The Bertz CT molecular complexity index is 1290. The number of halogens is 2. The number of ketones is 3. The molecule has 0 saturated carbocycles. The summed E-state index contributed by atoms with van der Waals surface area (Å²) in [6.07, 6.45) is 1.91. The summed E-state index contributed by atoms with van der Waals surface area (Å²) in [4.78, 5) is 103. The van der Waals surface area contributed by atoms with Gasteiger partial charge in [-0.2, -0.15) is 0 Å². The second-order valence-electron chi connectivity index (χ2n) is 12.9. The van der Waals surface area contributed by atoms with Crippen LogP contribution in [0.5, 0.6) is 0 Å². The van der Waals surface area contributed by atoms with Crippen molar-refractivity contribution in [2.45, 2.75) is 112 Å². The van der Waals surface area contributed by atoms with Crippen LogP contribution in [0.4, 0.5) is 0 Å². The Morgan fingerprint density at radius 1 is 0.654 bits per heavy atom.